The molecule has 0 aliphatic carbocycles. The van der Waals surface area contributed by atoms with Crippen molar-refractivity contribution in [1.29, 1.82) is 0 Å². The molecule has 0 bridgehead atoms. The van der Waals surface area contributed by atoms with Crippen LogP contribution in [0.3, 0.4) is 0 Å². The lowest BCUT2D eigenvalue weighted by Crippen LogP contribution is -2.26. The summed E-state index contributed by atoms with van der Waals surface area (Å²) in [5.41, 5.74) is 40.5. The molecule has 0 amide bonds. The maximum atomic E-state index is 6.37. The van der Waals surface area contributed by atoms with E-state index >= 15 is 0 Å². The molecule has 0 spiro atoms. The summed E-state index contributed by atoms with van der Waals surface area (Å²) < 4.78 is 4.69. The monoisotopic (exact) mass is 932 g/mol. The molecule has 13 heteroatoms. The van der Waals surface area contributed by atoms with Crippen LogP contribution in [0.5, 0.6) is 0 Å². The van der Waals surface area contributed by atoms with Crippen molar-refractivity contribution in [3.8, 4) is 0 Å². The number of pyridine rings is 2. The zero-order chi connectivity index (χ0) is 48.4. The molecule has 8 rings (SSSR count). The maximum absolute atomic E-state index is 6.37. The van der Waals surface area contributed by atoms with Crippen LogP contribution in [0.25, 0.3) is 43.9 Å². The molecule has 0 saturated heterocycles. The fourth-order valence-corrected chi connectivity index (χ4v) is 9.19. The molecular weight excluding hydrogens is 855 g/mol. The SMILES string of the molecule is CCCCc1nc2c(N)nc3ccccc3c2n1Cc1ccc(CN(CCCCN)CCCCN)cc1.CCCCc1nc2c(N)nc3ccccc3c2n1Cc1ccc(CNCCCCN)cc1. The summed E-state index contributed by atoms with van der Waals surface area (Å²) in [5, 5.41) is 5.70. The highest BCUT2D eigenvalue weighted by molar-refractivity contribution is 6.07. The van der Waals surface area contributed by atoms with E-state index < -0.39 is 0 Å². The van der Waals surface area contributed by atoms with Crippen LogP contribution in [0.1, 0.15) is 112 Å². The first-order chi connectivity index (χ1) is 33.8. The van der Waals surface area contributed by atoms with Crippen LogP contribution >= 0.6 is 0 Å². The van der Waals surface area contributed by atoms with E-state index in [4.69, 9.17) is 38.6 Å². The van der Waals surface area contributed by atoms with Crippen LogP contribution in [0.2, 0.25) is 0 Å². The summed E-state index contributed by atoms with van der Waals surface area (Å²) in [6.07, 6.45) is 12.9. The van der Waals surface area contributed by atoms with Crippen molar-refractivity contribution in [2.24, 2.45) is 17.2 Å². The van der Waals surface area contributed by atoms with Gasteiger partial charge in [0, 0.05) is 49.8 Å². The van der Waals surface area contributed by atoms with Crippen molar-refractivity contribution in [3.05, 3.63) is 131 Å². The van der Waals surface area contributed by atoms with Gasteiger partial charge in [-0.05, 0) is 125 Å². The zero-order valence-electron chi connectivity index (χ0n) is 41.3. The number of anilines is 2. The maximum Gasteiger partial charge on any atom is 0.152 e. The Morgan fingerprint density at radius 2 is 0.928 bits per heavy atom. The summed E-state index contributed by atoms with van der Waals surface area (Å²) in [6.45, 7) is 13.2. The van der Waals surface area contributed by atoms with E-state index in [0.717, 1.165) is 198 Å². The second kappa shape index (κ2) is 26.1. The molecule has 4 aromatic carbocycles. The first kappa shape index (κ1) is 50.9. The Kier molecular flexibility index (Phi) is 19.3. The number of hydrogen-bond donors (Lipinski definition) is 6. The van der Waals surface area contributed by atoms with E-state index in [1.807, 2.05) is 24.3 Å². The van der Waals surface area contributed by atoms with E-state index in [1.54, 1.807) is 0 Å². The number of aryl methyl sites for hydroxylation is 2. The van der Waals surface area contributed by atoms with Crippen LogP contribution in [0, 0.1) is 0 Å². The second-order valence-electron chi connectivity index (χ2n) is 18.4. The number of nitrogens with two attached hydrogens (primary N) is 5. The lowest BCUT2D eigenvalue weighted by atomic mass is 10.1. The molecule has 11 N–H and O–H groups in total. The van der Waals surface area contributed by atoms with Crippen molar-refractivity contribution in [1.82, 2.24) is 39.3 Å². The molecule has 4 aromatic heterocycles. The summed E-state index contributed by atoms with van der Waals surface area (Å²) in [5.74, 6) is 3.17. The minimum atomic E-state index is 0.505. The third-order valence-corrected chi connectivity index (χ3v) is 13.0. The average molecular weight is 932 g/mol. The normalized spacial score (nSPS) is 11.7. The van der Waals surface area contributed by atoms with Crippen LogP contribution in [-0.2, 0) is 39.0 Å². The molecule has 366 valence electrons. The van der Waals surface area contributed by atoms with Gasteiger partial charge in [-0.25, -0.2) is 19.9 Å². The number of rotatable bonds is 26. The summed E-state index contributed by atoms with van der Waals surface area (Å²) in [7, 11) is 0. The van der Waals surface area contributed by atoms with Gasteiger partial charge in [0.25, 0.3) is 0 Å². The molecule has 0 saturated carbocycles. The average Bonchev–Trinajstić information content (AvgIpc) is 3.92. The Balaban J connectivity index is 0.000000206. The van der Waals surface area contributed by atoms with E-state index in [9.17, 15) is 0 Å². The number of nitrogens with one attached hydrogen (secondary N) is 1. The molecule has 13 nitrogen and oxygen atoms in total. The molecule has 4 heterocycles. The number of unbranched alkanes of at least 4 members (excludes halogenated alkanes) is 5. The van der Waals surface area contributed by atoms with Crippen molar-refractivity contribution in [2.45, 2.75) is 117 Å². The number of para-hydroxylation sites is 2. The van der Waals surface area contributed by atoms with Gasteiger partial charge in [-0.15, -0.1) is 0 Å². The largest absolute Gasteiger partial charge is 0.382 e. The molecule has 0 aliphatic rings. The number of fused-ring (bicyclic) bond motifs is 6. The van der Waals surface area contributed by atoms with Crippen LogP contribution < -0.4 is 34.0 Å². The molecule has 0 fully saturated rings. The summed E-state index contributed by atoms with van der Waals surface area (Å²) in [6, 6.07) is 34.3. The molecule has 0 atom stereocenters. The number of nitrogens with zero attached hydrogens (tertiary/aromatic N) is 7. The smallest absolute Gasteiger partial charge is 0.152 e. The molecule has 8 aromatic rings. The molecule has 0 unspecified atom stereocenters. The van der Waals surface area contributed by atoms with Crippen molar-refractivity contribution in [3.63, 3.8) is 0 Å². The van der Waals surface area contributed by atoms with E-state index in [-0.39, 0.29) is 0 Å². The minimum Gasteiger partial charge on any atom is -0.382 e. The van der Waals surface area contributed by atoms with E-state index in [0.29, 0.717) is 11.6 Å². The zero-order valence-corrected chi connectivity index (χ0v) is 41.3. The highest BCUT2D eigenvalue weighted by atomic mass is 15.1. The van der Waals surface area contributed by atoms with Gasteiger partial charge in [0.05, 0.1) is 22.1 Å². The highest BCUT2D eigenvalue weighted by Crippen LogP contribution is 2.32. The van der Waals surface area contributed by atoms with Gasteiger partial charge in [0.15, 0.2) is 11.6 Å². The van der Waals surface area contributed by atoms with Crippen LogP contribution in [0.15, 0.2) is 97.1 Å². The predicted octanol–water partition coefficient (Wildman–Crippen LogP) is 9.22. The topological polar surface area (TPSA) is 207 Å². The molecule has 69 heavy (non-hydrogen) atoms. The van der Waals surface area contributed by atoms with E-state index in [2.05, 4.69) is 116 Å². The minimum absolute atomic E-state index is 0.505. The Bertz CT molecular complexity index is 2800. The number of aromatic nitrogens is 6. The first-order valence-electron chi connectivity index (χ1n) is 25.6. The predicted molar refractivity (Wildman–Crippen MR) is 289 cm³/mol. The van der Waals surface area contributed by atoms with Crippen molar-refractivity contribution < 1.29 is 0 Å². The lowest BCUT2D eigenvalue weighted by molar-refractivity contribution is 0.255. The number of hydrogen-bond acceptors (Lipinski definition) is 11. The van der Waals surface area contributed by atoms with Gasteiger partial charge >= 0.3 is 0 Å². The van der Waals surface area contributed by atoms with Gasteiger partial charge in [-0.1, -0.05) is 112 Å². The van der Waals surface area contributed by atoms with Crippen LogP contribution in [0.4, 0.5) is 11.6 Å². The van der Waals surface area contributed by atoms with Crippen molar-refractivity contribution in [2.75, 3.05) is 50.7 Å². The van der Waals surface area contributed by atoms with Gasteiger partial charge in [-0.3, -0.25) is 4.90 Å². The summed E-state index contributed by atoms with van der Waals surface area (Å²) >= 11 is 0. The standard InChI is InChI=1S/C30H43N7.C26H34N6/c1-2-3-12-27-35-28-29(25-10-4-5-11-26(25)34-30(28)33)37(27)22-24-15-13-23(14-16-24)21-36(19-8-6-17-31)20-9-7-18-32;1-2-3-10-23-31-24-25(21-8-4-5-9-22(21)30-26(24)28)32(23)18-20-13-11-19(12-14-20)17-29-16-7-6-15-27/h4-5,10-11,13-16H,2-3,6-9,12,17-22,31-32H2,1H3,(H2,33,34);4-5,8-9,11-14,29H,2-3,6-7,10,15-18,27H2,1H3,(H2,28,30). The first-order valence-corrected chi connectivity index (χ1v) is 25.6. The Hall–Kier alpha value is -5.96. The lowest BCUT2D eigenvalue weighted by Gasteiger charge is -2.22. The van der Waals surface area contributed by atoms with Gasteiger partial charge < -0.3 is 43.1 Å². The molecule has 0 radical (unpaired) electrons. The van der Waals surface area contributed by atoms with Crippen molar-refractivity contribution >= 4 is 55.5 Å². The summed E-state index contributed by atoms with van der Waals surface area (Å²) in [4.78, 5) is 21.7. The number of imidazole rings is 2. The molecular formula is C56H77N13. The quantitative estimate of drug-likeness (QED) is 0.0282. The Morgan fingerprint density at radius 1 is 0.493 bits per heavy atom. The van der Waals surface area contributed by atoms with Gasteiger partial charge in [-0.2, -0.15) is 0 Å². The third kappa shape index (κ3) is 13.4. The Labute approximate surface area is 409 Å². The van der Waals surface area contributed by atoms with Crippen LogP contribution in [-0.4, -0.2) is 73.2 Å². The second-order valence-corrected chi connectivity index (χ2v) is 18.4. The van der Waals surface area contributed by atoms with Gasteiger partial charge in [0.1, 0.15) is 22.7 Å². The fourth-order valence-electron chi connectivity index (χ4n) is 9.19. The fraction of sp³-hybridized carbons (Fsp3) is 0.429. The number of benzene rings is 4. The van der Waals surface area contributed by atoms with Gasteiger partial charge in [0.2, 0.25) is 0 Å². The van der Waals surface area contributed by atoms with E-state index in [1.165, 1.54) is 22.3 Å². The third-order valence-electron chi connectivity index (χ3n) is 13.0. The highest BCUT2D eigenvalue weighted by Gasteiger charge is 2.19. The Morgan fingerprint density at radius 3 is 1.39 bits per heavy atom. The number of nitrogen functional groups attached to an aromatic ring is 2. The molecule has 0 aliphatic heterocycles.